The lowest BCUT2D eigenvalue weighted by molar-refractivity contribution is 0.0705. The van der Waals surface area contributed by atoms with Crippen LogP contribution in [-0.2, 0) is 13.0 Å². The summed E-state index contributed by atoms with van der Waals surface area (Å²) in [5.74, 6) is -1.01. The summed E-state index contributed by atoms with van der Waals surface area (Å²) in [7, 11) is 0. The first kappa shape index (κ1) is 12.6. The van der Waals surface area contributed by atoms with E-state index in [1.807, 2.05) is 0 Å². The van der Waals surface area contributed by atoms with Crippen LogP contribution in [0.25, 0.3) is 0 Å². The van der Waals surface area contributed by atoms with Gasteiger partial charge >= 0.3 is 0 Å². The van der Waals surface area contributed by atoms with Gasteiger partial charge in [-0.3, -0.25) is 14.9 Å². The van der Waals surface area contributed by atoms with Gasteiger partial charge in [-0.1, -0.05) is 6.42 Å². The Bertz CT molecular complexity index is 518. The Labute approximate surface area is 111 Å². The van der Waals surface area contributed by atoms with Crippen molar-refractivity contribution in [3.63, 3.8) is 0 Å². The number of amides is 1. The molecule has 4 nitrogen and oxygen atoms in total. The van der Waals surface area contributed by atoms with Crippen LogP contribution >= 0.6 is 0 Å². The van der Waals surface area contributed by atoms with E-state index in [4.69, 9.17) is 5.21 Å². The lowest BCUT2D eigenvalue weighted by atomic mass is 9.87. The van der Waals surface area contributed by atoms with Crippen molar-refractivity contribution in [2.24, 2.45) is 0 Å². The van der Waals surface area contributed by atoms with Gasteiger partial charge in [-0.2, -0.15) is 0 Å². The Morgan fingerprint density at radius 1 is 1.42 bits per heavy atom. The maximum Gasteiger partial charge on any atom is 0.274 e. The molecule has 2 aliphatic rings. The highest BCUT2D eigenvalue weighted by molar-refractivity contribution is 5.93. The van der Waals surface area contributed by atoms with Crippen LogP contribution in [0.2, 0.25) is 0 Å². The quantitative estimate of drug-likeness (QED) is 0.601. The predicted octanol–water partition coefficient (Wildman–Crippen LogP) is 1.86. The van der Waals surface area contributed by atoms with E-state index in [0.717, 1.165) is 24.9 Å². The van der Waals surface area contributed by atoms with E-state index in [1.165, 1.54) is 18.9 Å². The van der Waals surface area contributed by atoms with Gasteiger partial charge in [0.25, 0.3) is 5.91 Å². The third-order valence-electron chi connectivity index (χ3n) is 4.22. The Morgan fingerprint density at radius 2 is 2.26 bits per heavy atom. The molecule has 2 N–H and O–H groups in total. The summed E-state index contributed by atoms with van der Waals surface area (Å²) in [6.45, 7) is 1.66. The average molecular weight is 264 g/mol. The van der Waals surface area contributed by atoms with E-state index in [0.29, 0.717) is 18.2 Å². The summed E-state index contributed by atoms with van der Waals surface area (Å²) in [5.41, 5.74) is 3.34. The molecule has 19 heavy (non-hydrogen) atoms. The van der Waals surface area contributed by atoms with E-state index in [-0.39, 0.29) is 11.4 Å². The molecule has 2 heterocycles. The van der Waals surface area contributed by atoms with Gasteiger partial charge in [0.05, 0.1) is 0 Å². The average Bonchev–Trinajstić information content (AvgIpc) is 2.44. The van der Waals surface area contributed by atoms with Crippen LogP contribution in [0.15, 0.2) is 12.1 Å². The van der Waals surface area contributed by atoms with Crippen LogP contribution in [0, 0.1) is 5.82 Å². The van der Waals surface area contributed by atoms with Crippen LogP contribution in [0.5, 0.6) is 0 Å². The molecule has 0 spiro atoms. The minimum atomic E-state index is -0.659. The van der Waals surface area contributed by atoms with Crippen molar-refractivity contribution in [3.8, 4) is 0 Å². The summed E-state index contributed by atoms with van der Waals surface area (Å²) in [6, 6.07) is 3.37. The third kappa shape index (κ3) is 2.24. The summed E-state index contributed by atoms with van der Waals surface area (Å²) in [4.78, 5) is 13.7. The molecule has 0 unspecified atom stereocenters. The number of piperidine rings is 1. The molecule has 5 heteroatoms. The van der Waals surface area contributed by atoms with Gasteiger partial charge in [0, 0.05) is 23.7 Å². The van der Waals surface area contributed by atoms with E-state index in [1.54, 1.807) is 11.5 Å². The number of hydrogen-bond donors (Lipinski definition) is 2. The van der Waals surface area contributed by atoms with Gasteiger partial charge in [-0.25, -0.2) is 9.87 Å². The molecule has 0 aromatic heterocycles. The third-order valence-corrected chi connectivity index (χ3v) is 4.22. The minimum Gasteiger partial charge on any atom is -0.296 e. The molecular weight excluding hydrogens is 247 g/mol. The number of carbonyl (C=O) groups is 1. The molecular formula is C14H17FN2O2. The lowest BCUT2D eigenvalue weighted by Crippen LogP contribution is -2.44. The van der Waals surface area contributed by atoms with Crippen molar-refractivity contribution in [1.82, 2.24) is 10.4 Å². The fraction of sp³-hybridized carbons (Fsp3) is 0.500. The second-order valence-electron chi connectivity index (χ2n) is 5.36. The number of hydrogen-bond acceptors (Lipinski definition) is 3. The van der Waals surface area contributed by atoms with Gasteiger partial charge in [0.15, 0.2) is 0 Å². The zero-order valence-corrected chi connectivity index (χ0v) is 10.7. The topological polar surface area (TPSA) is 52.6 Å². The van der Waals surface area contributed by atoms with Crippen LogP contribution in [0.4, 0.5) is 4.39 Å². The molecule has 102 valence electrons. The zero-order valence-electron chi connectivity index (χ0n) is 10.7. The number of hydroxylamine groups is 1. The largest absolute Gasteiger partial charge is 0.296 e. The highest BCUT2D eigenvalue weighted by atomic mass is 19.1. The van der Waals surface area contributed by atoms with E-state index >= 15 is 0 Å². The number of benzene rings is 1. The van der Waals surface area contributed by atoms with Gasteiger partial charge in [-0.05, 0) is 43.5 Å². The van der Waals surface area contributed by atoms with Crippen LogP contribution in [0.1, 0.15) is 40.7 Å². The van der Waals surface area contributed by atoms with Crippen molar-refractivity contribution in [2.45, 2.75) is 38.3 Å². The zero-order chi connectivity index (χ0) is 13.4. The molecule has 1 aromatic carbocycles. The molecule has 3 rings (SSSR count). The highest BCUT2D eigenvalue weighted by Gasteiger charge is 2.30. The lowest BCUT2D eigenvalue weighted by Gasteiger charge is -2.40. The molecule has 0 aliphatic carbocycles. The Balaban J connectivity index is 1.96. The molecule has 0 radical (unpaired) electrons. The summed E-state index contributed by atoms with van der Waals surface area (Å²) >= 11 is 0. The second-order valence-corrected chi connectivity index (χ2v) is 5.36. The first-order valence-electron chi connectivity index (χ1n) is 6.69. The second kappa shape index (κ2) is 4.90. The van der Waals surface area contributed by atoms with Crippen molar-refractivity contribution in [1.29, 1.82) is 0 Å². The van der Waals surface area contributed by atoms with Crippen molar-refractivity contribution < 1.29 is 14.4 Å². The fourth-order valence-electron chi connectivity index (χ4n) is 3.20. The van der Waals surface area contributed by atoms with E-state index < -0.39 is 5.91 Å². The monoisotopic (exact) mass is 264 g/mol. The van der Waals surface area contributed by atoms with Gasteiger partial charge in [0.2, 0.25) is 0 Å². The van der Waals surface area contributed by atoms with Gasteiger partial charge in [0.1, 0.15) is 5.82 Å². The number of rotatable bonds is 1. The van der Waals surface area contributed by atoms with Crippen molar-refractivity contribution in [2.75, 3.05) is 6.54 Å². The summed E-state index contributed by atoms with van der Waals surface area (Å²) in [6.07, 6.45) is 4.32. The standard InChI is InChI=1S/C14H17FN2O2/c15-13-7-10(14(18)16-19)5-9-6-11-3-1-2-4-17(11)8-12(9)13/h5,7,11,19H,1-4,6,8H2,(H,16,18)/t11-/m0/s1. The Morgan fingerprint density at radius 3 is 3.05 bits per heavy atom. The SMILES string of the molecule is O=C(NO)c1cc(F)c2c(c1)C[C@@H]1CCCCN1C2. The number of nitrogens with one attached hydrogen (secondary N) is 1. The van der Waals surface area contributed by atoms with Crippen LogP contribution < -0.4 is 5.48 Å². The van der Waals surface area contributed by atoms with E-state index in [2.05, 4.69) is 4.90 Å². The maximum absolute atomic E-state index is 14.1. The number of carbonyl (C=O) groups excluding carboxylic acids is 1. The minimum absolute atomic E-state index is 0.183. The fourth-order valence-corrected chi connectivity index (χ4v) is 3.20. The molecule has 0 bridgehead atoms. The predicted molar refractivity (Wildman–Crippen MR) is 67.4 cm³/mol. The molecule has 1 fully saturated rings. The normalized spacial score (nSPS) is 22.5. The van der Waals surface area contributed by atoms with Gasteiger partial charge < -0.3 is 0 Å². The van der Waals surface area contributed by atoms with Crippen LogP contribution in [0.3, 0.4) is 0 Å². The Kier molecular flexibility index (Phi) is 3.24. The number of halogens is 1. The molecule has 1 atom stereocenters. The van der Waals surface area contributed by atoms with E-state index in [9.17, 15) is 9.18 Å². The summed E-state index contributed by atoms with van der Waals surface area (Å²) in [5, 5.41) is 8.64. The molecule has 1 amide bonds. The smallest absolute Gasteiger partial charge is 0.274 e. The molecule has 1 saturated heterocycles. The molecule has 1 aromatic rings. The number of fused-ring (bicyclic) bond motifs is 2. The van der Waals surface area contributed by atoms with Crippen molar-refractivity contribution >= 4 is 5.91 Å². The maximum atomic E-state index is 14.1. The summed E-state index contributed by atoms with van der Waals surface area (Å²) < 4.78 is 14.1. The highest BCUT2D eigenvalue weighted by Crippen LogP contribution is 2.31. The Hall–Kier alpha value is -1.46. The molecule has 0 saturated carbocycles. The first-order chi connectivity index (χ1) is 9.19. The van der Waals surface area contributed by atoms with Crippen LogP contribution in [-0.4, -0.2) is 28.6 Å². The number of nitrogens with zero attached hydrogens (tertiary/aromatic N) is 1. The van der Waals surface area contributed by atoms with Crippen molar-refractivity contribution in [3.05, 3.63) is 34.6 Å². The first-order valence-corrected chi connectivity index (χ1v) is 6.69. The molecule has 2 aliphatic heterocycles. The van der Waals surface area contributed by atoms with Gasteiger partial charge in [-0.15, -0.1) is 0 Å².